The number of hydrogen-bond donors (Lipinski definition) is 1. The second kappa shape index (κ2) is 8.74. The fraction of sp³-hybridized carbons (Fsp3) is 0.190. The predicted molar refractivity (Wildman–Crippen MR) is 112 cm³/mol. The summed E-state index contributed by atoms with van der Waals surface area (Å²) in [5, 5.41) is 16.6. The molecule has 0 aliphatic rings. The molecular formula is C21H19N3O4S. The Morgan fingerprint density at radius 2 is 1.90 bits per heavy atom. The molecule has 0 aliphatic carbocycles. The number of non-ortho nitro benzene ring substituents is 1. The Morgan fingerprint density at radius 3 is 2.52 bits per heavy atom. The Bertz CT molecular complexity index is 1060. The fourth-order valence-corrected chi connectivity index (χ4v) is 3.55. The van der Waals surface area contributed by atoms with E-state index in [1.54, 1.807) is 30.3 Å². The summed E-state index contributed by atoms with van der Waals surface area (Å²) in [5.41, 5.74) is 1.11. The summed E-state index contributed by atoms with van der Waals surface area (Å²) in [6.07, 6.45) is 0.0547. The minimum Gasteiger partial charge on any atom is -0.325 e. The van der Waals surface area contributed by atoms with Crippen LogP contribution in [0.15, 0.2) is 53.9 Å². The number of benzene rings is 2. The van der Waals surface area contributed by atoms with E-state index in [-0.39, 0.29) is 35.2 Å². The molecule has 0 radical (unpaired) electrons. The maximum atomic E-state index is 12.9. The van der Waals surface area contributed by atoms with Crippen molar-refractivity contribution in [2.75, 3.05) is 5.32 Å². The van der Waals surface area contributed by atoms with Gasteiger partial charge < -0.3 is 5.32 Å². The number of nitro groups is 1. The first-order valence-corrected chi connectivity index (χ1v) is 9.85. The number of aromatic nitrogens is 1. The number of thiazole rings is 1. The third-order valence-electron chi connectivity index (χ3n) is 4.17. The molecule has 8 heteroatoms. The van der Waals surface area contributed by atoms with E-state index in [9.17, 15) is 19.7 Å². The van der Waals surface area contributed by atoms with Crippen molar-refractivity contribution in [2.24, 2.45) is 0 Å². The maximum absolute atomic E-state index is 12.9. The van der Waals surface area contributed by atoms with Gasteiger partial charge in [-0.3, -0.25) is 19.7 Å². The molecule has 1 amide bonds. The highest BCUT2D eigenvalue weighted by Gasteiger charge is 2.20. The summed E-state index contributed by atoms with van der Waals surface area (Å²) in [4.78, 5) is 40.4. The van der Waals surface area contributed by atoms with Gasteiger partial charge >= 0.3 is 0 Å². The number of carbonyl (C=O) groups is 2. The van der Waals surface area contributed by atoms with Crippen LogP contribution in [0.5, 0.6) is 0 Å². The van der Waals surface area contributed by atoms with Gasteiger partial charge in [-0.25, -0.2) is 4.98 Å². The summed E-state index contributed by atoms with van der Waals surface area (Å²) < 4.78 is 0. The average Bonchev–Trinajstić information content (AvgIpc) is 3.17. The Balaban J connectivity index is 1.86. The van der Waals surface area contributed by atoms with E-state index < -0.39 is 10.7 Å². The molecule has 0 atom stereocenters. The Kier molecular flexibility index (Phi) is 6.13. The Hall–Kier alpha value is -3.39. The first-order valence-electron chi connectivity index (χ1n) is 8.97. The quantitative estimate of drug-likeness (QED) is 0.349. The van der Waals surface area contributed by atoms with Gasteiger partial charge in [0, 0.05) is 29.0 Å². The minimum absolute atomic E-state index is 0.0547. The van der Waals surface area contributed by atoms with Crippen LogP contribution >= 0.6 is 11.3 Å². The lowest BCUT2D eigenvalue weighted by Gasteiger charge is -2.10. The number of anilines is 1. The van der Waals surface area contributed by atoms with E-state index in [0.717, 1.165) is 5.01 Å². The molecule has 29 heavy (non-hydrogen) atoms. The molecule has 3 aromatic rings. The number of hydrogen-bond acceptors (Lipinski definition) is 6. The minimum atomic E-state index is -0.573. The average molecular weight is 409 g/mol. The van der Waals surface area contributed by atoms with Crippen molar-refractivity contribution >= 4 is 34.4 Å². The van der Waals surface area contributed by atoms with E-state index in [0.29, 0.717) is 11.3 Å². The van der Waals surface area contributed by atoms with Crippen LogP contribution in [-0.4, -0.2) is 21.6 Å². The molecule has 1 N–H and O–H groups in total. The van der Waals surface area contributed by atoms with E-state index in [1.165, 1.54) is 29.5 Å². The molecule has 1 heterocycles. The van der Waals surface area contributed by atoms with Crippen LogP contribution in [-0.2, 0) is 11.2 Å². The molecular weight excluding hydrogens is 390 g/mol. The summed E-state index contributed by atoms with van der Waals surface area (Å²) >= 11 is 1.50. The van der Waals surface area contributed by atoms with Crippen LogP contribution in [0.4, 0.5) is 11.4 Å². The van der Waals surface area contributed by atoms with Crippen LogP contribution in [0.1, 0.15) is 46.4 Å². The number of ketones is 1. The zero-order valence-corrected chi connectivity index (χ0v) is 16.7. The summed E-state index contributed by atoms with van der Waals surface area (Å²) in [6.45, 7) is 4.06. The molecule has 148 valence electrons. The second-order valence-corrected chi connectivity index (χ2v) is 7.63. The first-order chi connectivity index (χ1) is 13.8. The number of amides is 1. The smallest absolute Gasteiger partial charge is 0.270 e. The number of carbonyl (C=O) groups excluding carboxylic acids is 2. The van der Waals surface area contributed by atoms with Gasteiger partial charge in [-0.2, -0.15) is 0 Å². The molecule has 0 saturated heterocycles. The number of nitrogens with zero attached hydrogens (tertiary/aromatic N) is 2. The molecule has 0 saturated carbocycles. The monoisotopic (exact) mass is 409 g/mol. The van der Waals surface area contributed by atoms with Crippen molar-refractivity contribution in [1.29, 1.82) is 0 Å². The van der Waals surface area contributed by atoms with Gasteiger partial charge in [0.2, 0.25) is 5.91 Å². The lowest BCUT2D eigenvalue weighted by molar-refractivity contribution is -0.384. The molecule has 0 unspecified atom stereocenters. The van der Waals surface area contributed by atoms with Crippen molar-refractivity contribution < 1.29 is 14.5 Å². The summed E-state index contributed by atoms with van der Waals surface area (Å²) in [6, 6.07) is 12.3. The van der Waals surface area contributed by atoms with Crippen molar-refractivity contribution in [2.45, 2.75) is 26.2 Å². The zero-order chi connectivity index (χ0) is 21.0. The SMILES string of the molecule is CC(C)c1nc(CC(=O)Nc2ccc([N+](=O)[O-])cc2C(=O)c2ccccc2)cs1. The lowest BCUT2D eigenvalue weighted by atomic mass is 10.0. The van der Waals surface area contributed by atoms with Crippen LogP contribution in [0.3, 0.4) is 0 Å². The standard InChI is InChI=1S/C21H19N3O4S/c1-13(2)21-22-15(12-29-21)10-19(25)23-18-9-8-16(24(27)28)11-17(18)20(26)14-6-4-3-5-7-14/h3-9,11-13H,10H2,1-2H3,(H,23,25). The van der Waals surface area contributed by atoms with Crippen molar-refractivity contribution in [3.05, 3.63) is 85.9 Å². The molecule has 1 aromatic heterocycles. The van der Waals surface area contributed by atoms with Gasteiger partial charge in [0.15, 0.2) is 5.78 Å². The first kappa shape index (κ1) is 20.3. The molecule has 0 spiro atoms. The van der Waals surface area contributed by atoms with E-state index in [1.807, 2.05) is 19.2 Å². The molecule has 0 bridgehead atoms. The number of nitrogens with one attached hydrogen (secondary N) is 1. The molecule has 2 aromatic carbocycles. The molecule has 3 rings (SSSR count). The Labute approximate surface area is 171 Å². The van der Waals surface area contributed by atoms with Gasteiger partial charge in [-0.1, -0.05) is 44.2 Å². The maximum Gasteiger partial charge on any atom is 0.270 e. The molecule has 7 nitrogen and oxygen atoms in total. The van der Waals surface area contributed by atoms with Gasteiger partial charge in [0.1, 0.15) is 0 Å². The van der Waals surface area contributed by atoms with Crippen molar-refractivity contribution in [3.63, 3.8) is 0 Å². The van der Waals surface area contributed by atoms with Crippen LogP contribution in [0.2, 0.25) is 0 Å². The number of nitro benzene ring substituents is 1. The van der Waals surface area contributed by atoms with Crippen LogP contribution in [0.25, 0.3) is 0 Å². The highest BCUT2D eigenvalue weighted by molar-refractivity contribution is 7.09. The van der Waals surface area contributed by atoms with Gasteiger partial charge in [-0.15, -0.1) is 11.3 Å². The van der Waals surface area contributed by atoms with Crippen molar-refractivity contribution in [1.82, 2.24) is 4.98 Å². The van der Waals surface area contributed by atoms with E-state index >= 15 is 0 Å². The van der Waals surface area contributed by atoms with E-state index in [4.69, 9.17) is 0 Å². The topological polar surface area (TPSA) is 102 Å². The predicted octanol–water partition coefficient (Wildman–Crippen LogP) is 4.59. The Morgan fingerprint density at radius 1 is 1.17 bits per heavy atom. The van der Waals surface area contributed by atoms with Gasteiger partial charge in [0.25, 0.3) is 5.69 Å². The highest BCUT2D eigenvalue weighted by Crippen LogP contribution is 2.25. The van der Waals surface area contributed by atoms with Gasteiger partial charge in [-0.05, 0) is 6.07 Å². The number of rotatable bonds is 7. The normalized spacial score (nSPS) is 10.7. The lowest BCUT2D eigenvalue weighted by Crippen LogP contribution is -2.17. The van der Waals surface area contributed by atoms with Crippen molar-refractivity contribution in [3.8, 4) is 0 Å². The largest absolute Gasteiger partial charge is 0.325 e. The zero-order valence-electron chi connectivity index (χ0n) is 15.9. The third kappa shape index (κ3) is 4.91. The second-order valence-electron chi connectivity index (χ2n) is 6.74. The van der Waals surface area contributed by atoms with Crippen LogP contribution in [0, 0.1) is 10.1 Å². The van der Waals surface area contributed by atoms with Gasteiger partial charge in [0.05, 0.1) is 33.3 Å². The molecule has 0 aliphatic heterocycles. The summed E-state index contributed by atoms with van der Waals surface area (Å²) in [7, 11) is 0. The highest BCUT2D eigenvalue weighted by atomic mass is 32.1. The summed E-state index contributed by atoms with van der Waals surface area (Å²) in [5.74, 6) is -0.469. The van der Waals surface area contributed by atoms with Crippen LogP contribution < -0.4 is 5.32 Å². The van der Waals surface area contributed by atoms with E-state index in [2.05, 4.69) is 10.3 Å². The third-order valence-corrected chi connectivity index (χ3v) is 5.37. The fourth-order valence-electron chi connectivity index (χ4n) is 2.72. The molecule has 0 fully saturated rings.